The van der Waals surface area contributed by atoms with Crippen molar-refractivity contribution in [3.05, 3.63) is 85.0 Å². The first-order valence-corrected chi connectivity index (χ1v) is 13.9. The van der Waals surface area contributed by atoms with E-state index in [1.165, 1.54) is 12.7 Å². The summed E-state index contributed by atoms with van der Waals surface area (Å²) >= 11 is 0. The number of nitrogens with zero attached hydrogens (tertiary/aromatic N) is 9. The van der Waals surface area contributed by atoms with Crippen molar-refractivity contribution in [1.29, 1.82) is 0 Å². The van der Waals surface area contributed by atoms with Gasteiger partial charge in [0.15, 0.2) is 11.5 Å². The van der Waals surface area contributed by atoms with Crippen molar-refractivity contribution in [2.75, 3.05) is 18.4 Å². The Morgan fingerprint density at radius 3 is 2.56 bits per heavy atom. The number of aryl methyl sites for hydroxylation is 1. The van der Waals surface area contributed by atoms with Gasteiger partial charge in [0, 0.05) is 49.4 Å². The fourth-order valence-electron chi connectivity index (χ4n) is 5.01. The van der Waals surface area contributed by atoms with E-state index in [0.29, 0.717) is 30.3 Å². The van der Waals surface area contributed by atoms with E-state index in [9.17, 15) is 4.79 Å². The molecule has 6 heterocycles. The molecule has 1 saturated heterocycles. The van der Waals surface area contributed by atoms with Gasteiger partial charge in [0.25, 0.3) is 0 Å². The molecule has 0 atom stereocenters. The van der Waals surface area contributed by atoms with Crippen LogP contribution in [-0.4, -0.2) is 68.7 Å². The molecule has 1 N–H and O–H groups in total. The van der Waals surface area contributed by atoms with Crippen molar-refractivity contribution < 1.29 is 14.3 Å². The predicted octanol–water partition coefficient (Wildman–Crippen LogP) is 5.14. The first kappa shape index (κ1) is 26.4. The molecule has 0 bridgehead atoms. The lowest BCUT2D eigenvalue weighted by molar-refractivity contribution is 0.00784. The SMILES string of the molecule is Cc1cc(Nc2ncnn3ccc(-n4ccc(C5CN(C(=O)OC(C)(C)C)C5)n4)c23)ccc1Oc1ccn2ncnc2c1. The molecule has 6 aromatic rings. The quantitative estimate of drug-likeness (QED) is 0.286. The van der Waals surface area contributed by atoms with Gasteiger partial charge < -0.3 is 19.7 Å². The number of pyridine rings is 1. The molecule has 0 spiro atoms. The highest BCUT2D eigenvalue weighted by Gasteiger charge is 2.36. The van der Waals surface area contributed by atoms with Crippen LogP contribution < -0.4 is 10.1 Å². The number of anilines is 2. The van der Waals surface area contributed by atoms with Crippen LogP contribution in [0.4, 0.5) is 16.3 Å². The molecular formula is C30H30N10O3. The van der Waals surface area contributed by atoms with Crippen LogP contribution in [0.1, 0.15) is 37.9 Å². The third-order valence-electron chi connectivity index (χ3n) is 7.16. The molecule has 0 saturated carbocycles. The highest BCUT2D eigenvalue weighted by atomic mass is 16.6. The second kappa shape index (κ2) is 10.1. The summed E-state index contributed by atoms with van der Waals surface area (Å²) in [7, 11) is 0. The molecule has 1 amide bonds. The van der Waals surface area contributed by atoms with Crippen molar-refractivity contribution in [3.8, 4) is 17.2 Å². The van der Waals surface area contributed by atoms with Gasteiger partial charge in [-0.15, -0.1) is 0 Å². The molecule has 218 valence electrons. The lowest BCUT2D eigenvalue weighted by Crippen LogP contribution is -2.50. The molecule has 13 nitrogen and oxygen atoms in total. The Kier molecular flexibility index (Phi) is 6.22. The van der Waals surface area contributed by atoms with Crippen molar-refractivity contribution >= 4 is 28.8 Å². The van der Waals surface area contributed by atoms with Crippen LogP contribution >= 0.6 is 0 Å². The van der Waals surface area contributed by atoms with Gasteiger partial charge in [-0.25, -0.2) is 28.5 Å². The standard InChI is InChI=1S/C30H30N10O3/c1-19-13-21(5-6-25(19)42-22-7-10-39-26(14-22)31-17-33-39)35-28-27-24(9-12-40(27)34-18-32-28)38-11-8-23(36-38)20-15-37(16-20)29(41)43-30(2,3)4/h5-14,17-18,20H,15-16H2,1-4H3,(H,32,34,35). The molecule has 0 unspecified atom stereocenters. The number of hydrogen-bond donors (Lipinski definition) is 1. The fourth-order valence-corrected chi connectivity index (χ4v) is 5.01. The van der Waals surface area contributed by atoms with Crippen molar-refractivity contribution in [2.45, 2.75) is 39.2 Å². The number of amides is 1. The van der Waals surface area contributed by atoms with Gasteiger partial charge in [-0.05, 0) is 69.7 Å². The Morgan fingerprint density at radius 1 is 0.953 bits per heavy atom. The summed E-state index contributed by atoms with van der Waals surface area (Å²) in [4.78, 5) is 22.8. The molecule has 0 aliphatic carbocycles. The molecule has 1 aliphatic rings. The molecule has 7 rings (SSSR count). The normalized spacial score (nSPS) is 13.8. The zero-order chi connectivity index (χ0) is 29.7. The monoisotopic (exact) mass is 578 g/mol. The summed E-state index contributed by atoms with van der Waals surface area (Å²) in [6, 6.07) is 13.5. The topological polar surface area (TPSA) is 129 Å². The molecule has 1 fully saturated rings. The highest BCUT2D eigenvalue weighted by molar-refractivity contribution is 5.81. The molecule has 1 aliphatic heterocycles. The number of hydrogen-bond acceptors (Lipinski definition) is 9. The average Bonchev–Trinajstić information content (AvgIpc) is 3.68. The van der Waals surface area contributed by atoms with E-state index >= 15 is 0 Å². The number of benzene rings is 1. The molecule has 1 aromatic carbocycles. The summed E-state index contributed by atoms with van der Waals surface area (Å²) < 4.78 is 16.9. The van der Waals surface area contributed by atoms with Crippen molar-refractivity contribution in [2.24, 2.45) is 0 Å². The largest absolute Gasteiger partial charge is 0.457 e. The van der Waals surface area contributed by atoms with E-state index in [4.69, 9.17) is 14.6 Å². The Bertz CT molecular complexity index is 1960. The fraction of sp³-hybridized carbons (Fsp3) is 0.267. The Balaban J connectivity index is 1.08. The maximum Gasteiger partial charge on any atom is 0.410 e. The third-order valence-corrected chi connectivity index (χ3v) is 7.16. The van der Waals surface area contributed by atoms with E-state index in [1.807, 2.05) is 93.4 Å². The molecule has 43 heavy (non-hydrogen) atoms. The minimum Gasteiger partial charge on any atom is -0.457 e. The number of ether oxygens (including phenoxy) is 2. The molecule has 5 aromatic heterocycles. The van der Waals surface area contributed by atoms with Gasteiger partial charge >= 0.3 is 6.09 Å². The molecular weight excluding hydrogens is 548 g/mol. The van der Waals surface area contributed by atoms with Crippen LogP contribution in [0.2, 0.25) is 0 Å². The van der Waals surface area contributed by atoms with Crippen molar-refractivity contribution in [1.82, 2.24) is 43.9 Å². The van der Waals surface area contributed by atoms with Crippen molar-refractivity contribution in [3.63, 3.8) is 0 Å². The van der Waals surface area contributed by atoms with E-state index in [1.54, 1.807) is 13.9 Å². The molecule has 13 heteroatoms. The Morgan fingerprint density at radius 2 is 1.74 bits per heavy atom. The van der Waals surface area contributed by atoms with Gasteiger partial charge in [-0.3, -0.25) is 0 Å². The van der Waals surface area contributed by atoms with Crippen LogP contribution in [0.15, 0.2) is 73.7 Å². The lowest BCUT2D eigenvalue weighted by atomic mass is 9.97. The van der Waals surface area contributed by atoms with E-state index in [2.05, 4.69) is 25.5 Å². The van der Waals surface area contributed by atoms with Gasteiger partial charge in [-0.2, -0.15) is 15.3 Å². The predicted molar refractivity (Wildman–Crippen MR) is 158 cm³/mol. The number of aromatic nitrogens is 8. The third kappa shape index (κ3) is 5.20. The van der Waals surface area contributed by atoms with Crippen LogP contribution in [0.5, 0.6) is 11.5 Å². The maximum atomic E-state index is 12.3. The number of fused-ring (bicyclic) bond motifs is 2. The summed E-state index contributed by atoms with van der Waals surface area (Å²) in [5, 5.41) is 16.8. The number of carbonyl (C=O) groups is 1. The number of carbonyl (C=O) groups excluding carboxylic acids is 1. The zero-order valence-electron chi connectivity index (χ0n) is 24.2. The maximum absolute atomic E-state index is 12.3. The summed E-state index contributed by atoms with van der Waals surface area (Å²) in [5.41, 5.74) is 4.52. The van der Waals surface area contributed by atoms with Crippen LogP contribution in [0.25, 0.3) is 16.9 Å². The average molecular weight is 579 g/mol. The summed E-state index contributed by atoms with van der Waals surface area (Å²) in [6.45, 7) is 8.74. The number of rotatable bonds is 6. The van der Waals surface area contributed by atoms with E-state index < -0.39 is 5.60 Å². The second-order valence-electron chi connectivity index (χ2n) is 11.5. The summed E-state index contributed by atoms with van der Waals surface area (Å²) in [6.07, 6.45) is 8.33. The Hall–Kier alpha value is -5.46. The van der Waals surface area contributed by atoms with Gasteiger partial charge in [0.1, 0.15) is 35.3 Å². The highest BCUT2D eigenvalue weighted by Crippen LogP contribution is 2.32. The van der Waals surface area contributed by atoms with Crippen LogP contribution in [0, 0.1) is 6.92 Å². The van der Waals surface area contributed by atoms with Crippen LogP contribution in [0.3, 0.4) is 0 Å². The van der Waals surface area contributed by atoms with E-state index in [0.717, 1.165) is 33.9 Å². The zero-order valence-corrected chi connectivity index (χ0v) is 24.2. The number of nitrogens with one attached hydrogen (secondary N) is 1. The van der Waals surface area contributed by atoms with E-state index in [-0.39, 0.29) is 12.0 Å². The summed E-state index contributed by atoms with van der Waals surface area (Å²) in [5.74, 6) is 2.20. The van der Waals surface area contributed by atoms with Gasteiger partial charge in [0.05, 0.1) is 11.4 Å². The second-order valence-corrected chi connectivity index (χ2v) is 11.5. The Labute approximate surface area is 246 Å². The smallest absolute Gasteiger partial charge is 0.410 e. The minimum absolute atomic E-state index is 0.151. The molecule has 0 radical (unpaired) electrons. The number of likely N-dealkylation sites (tertiary alicyclic amines) is 1. The lowest BCUT2D eigenvalue weighted by Gasteiger charge is -2.38. The first-order valence-electron chi connectivity index (χ1n) is 13.9. The first-order chi connectivity index (χ1) is 20.7. The van der Waals surface area contributed by atoms with Gasteiger partial charge in [0.2, 0.25) is 0 Å². The minimum atomic E-state index is -0.517. The van der Waals surface area contributed by atoms with Crippen LogP contribution in [-0.2, 0) is 4.74 Å². The van der Waals surface area contributed by atoms with Gasteiger partial charge in [-0.1, -0.05) is 0 Å².